The second-order valence-corrected chi connectivity index (χ2v) is 12.0. The van der Waals surface area contributed by atoms with Crippen molar-refractivity contribution in [3.05, 3.63) is 25.7 Å². The molecule has 15 heteroatoms. The molecular formula is C22H22BrNO10S3. The van der Waals surface area contributed by atoms with E-state index in [1.807, 2.05) is 12.1 Å². The Morgan fingerprint density at radius 3 is 2.14 bits per heavy atom. The average Bonchev–Trinajstić information content (AvgIpc) is 3.30. The van der Waals surface area contributed by atoms with Crippen LogP contribution in [0.15, 0.2) is 20.8 Å². The van der Waals surface area contributed by atoms with Gasteiger partial charge in [0.15, 0.2) is 28.9 Å². The van der Waals surface area contributed by atoms with E-state index < -0.39 is 67.0 Å². The van der Waals surface area contributed by atoms with Crippen LogP contribution in [0.4, 0.5) is 0 Å². The van der Waals surface area contributed by atoms with E-state index in [9.17, 15) is 24.0 Å². The Morgan fingerprint density at radius 1 is 1.00 bits per heavy atom. The molecule has 1 aromatic rings. The molecule has 0 unspecified atom stereocenters. The number of halogens is 1. The predicted molar refractivity (Wildman–Crippen MR) is 139 cm³/mol. The first kappa shape index (κ1) is 29.2. The van der Waals surface area contributed by atoms with Crippen LogP contribution in [0.2, 0.25) is 0 Å². The van der Waals surface area contributed by atoms with Gasteiger partial charge in [0.05, 0.1) is 8.69 Å². The zero-order valence-corrected chi connectivity index (χ0v) is 24.0. The standard InChI is InChI=1S/C22H22BrNO10S3/c1-9(25)30-8-14-17(31-10(2)26)18(32-11(3)27)19(33-12(4)28)21(34-14)24-20(29)15(37-22(24)35)7-13-5-6-16(23)36-13/h5-7,14,17-19,21H,8H2,1-4H3/b15-7-/t14-,17+,18+,19+,21-/m1/s1. The molecule has 0 aromatic carbocycles. The Balaban J connectivity index is 2.05. The SMILES string of the molecule is CC(=O)OC[C@H]1O[C@@H](N2C(=O)/C(=C/c3ccc(Br)s3)SC2=S)[C@@H](OC(C)=O)[C@@H](OC(C)=O)[C@H]1OC(C)=O. The van der Waals surface area contributed by atoms with Crippen molar-refractivity contribution in [2.24, 2.45) is 0 Å². The molecule has 1 aromatic heterocycles. The predicted octanol–water partition coefficient (Wildman–Crippen LogP) is 2.79. The molecule has 0 spiro atoms. The number of hydrogen-bond donors (Lipinski definition) is 0. The molecule has 2 aliphatic heterocycles. The zero-order valence-electron chi connectivity index (χ0n) is 20.0. The van der Waals surface area contributed by atoms with E-state index in [1.165, 1.54) is 18.3 Å². The molecule has 2 saturated heterocycles. The summed E-state index contributed by atoms with van der Waals surface area (Å²) in [6.45, 7) is 4.11. The summed E-state index contributed by atoms with van der Waals surface area (Å²) < 4.78 is 28.3. The summed E-state index contributed by atoms with van der Waals surface area (Å²) in [6, 6.07) is 3.65. The maximum absolute atomic E-state index is 13.5. The van der Waals surface area contributed by atoms with E-state index in [0.717, 1.165) is 46.1 Å². The number of thiocarbonyl (C=S) groups is 1. The van der Waals surface area contributed by atoms with E-state index in [4.69, 9.17) is 35.9 Å². The van der Waals surface area contributed by atoms with Gasteiger partial charge in [0.25, 0.3) is 5.91 Å². The third-order valence-corrected chi connectivity index (χ3v) is 7.81. The molecule has 11 nitrogen and oxygen atoms in total. The van der Waals surface area contributed by atoms with Gasteiger partial charge in [-0.15, -0.1) is 11.3 Å². The van der Waals surface area contributed by atoms with E-state index >= 15 is 0 Å². The van der Waals surface area contributed by atoms with Gasteiger partial charge in [-0.1, -0.05) is 24.0 Å². The number of thioether (sulfide) groups is 1. The number of rotatable bonds is 7. The van der Waals surface area contributed by atoms with Gasteiger partial charge < -0.3 is 23.7 Å². The molecule has 0 saturated carbocycles. The van der Waals surface area contributed by atoms with Crippen molar-refractivity contribution in [3.8, 4) is 0 Å². The summed E-state index contributed by atoms with van der Waals surface area (Å²) in [6.07, 6.45) is -5.12. The van der Waals surface area contributed by atoms with Crippen LogP contribution in [-0.4, -0.2) is 76.3 Å². The Morgan fingerprint density at radius 2 is 1.59 bits per heavy atom. The number of carbonyl (C=O) groups excluding carboxylic acids is 5. The van der Waals surface area contributed by atoms with Crippen molar-refractivity contribution in [1.82, 2.24) is 4.90 Å². The van der Waals surface area contributed by atoms with E-state index in [2.05, 4.69) is 15.9 Å². The largest absolute Gasteiger partial charge is 0.463 e. The molecule has 2 aliphatic rings. The van der Waals surface area contributed by atoms with Crippen molar-refractivity contribution >= 4 is 91.4 Å². The van der Waals surface area contributed by atoms with Crippen molar-refractivity contribution in [2.45, 2.75) is 58.3 Å². The highest BCUT2D eigenvalue weighted by Gasteiger charge is 2.56. The minimum atomic E-state index is -1.43. The van der Waals surface area contributed by atoms with Gasteiger partial charge in [-0.05, 0) is 34.1 Å². The van der Waals surface area contributed by atoms with Crippen molar-refractivity contribution < 1.29 is 47.7 Å². The summed E-state index contributed by atoms with van der Waals surface area (Å²) in [5, 5.41) is 0. The Labute approximate surface area is 233 Å². The first-order valence-corrected chi connectivity index (χ1v) is 13.5. The Hall–Kier alpha value is -2.33. The maximum atomic E-state index is 13.5. The average molecular weight is 637 g/mol. The van der Waals surface area contributed by atoms with Crippen LogP contribution in [-0.2, 0) is 47.7 Å². The molecule has 0 N–H and O–H groups in total. The Bertz CT molecular complexity index is 1150. The van der Waals surface area contributed by atoms with E-state index in [0.29, 0.717) is 0 Å². The first-order chi connectivity index (χ1) is 17.4. The van der Waals surface area contributed by atoms with Gasteiger partial charge in [0.1, 0.15) is 12.7 Å². The zero-order chi connectivity index (χ0) is 27.4. The Kier molecular flexibility index (Phi) is 9.86. The van der Waals surface area contributed by atoms with Crippen molar-refractivity contribution in [1.29, 1.82) is 0 Å². The summed E-state index contributed by atoms with van der Waals surface area (Å²) in [5.74, 6) is -3.50. The molecule has 5 atom stereocenters. The van der Waals surface area contributed by atoms with Crippen LogP contribution in [0.5, 0.6) is 0 Å². The second kappa shape index (κ2) is 12.5. The number of ether oxygens (including phenoxy) is 5. The van der Waals surface area contributed by atoms with Gasteiger partial charge in [0.2, 0.25) is 0 Å². The highest BCUT2D eigenvalue weighted by Crippen LogP contribution is 2.40. The lowest BCUT2D eigenvalue weighted by molar-refractivity contribution is -0.268. The molecule has 1 amide bonds. The maximum Gasteiger partial charge on any atom is 0.303 e. The fourth-order valence-corrected chi connectivity index (χ4v) is 6.39. The quantitative estimate of drug-likeness (QED) is 0.189. The molecular weight excluding hydrogens is 614 g/mol. The summed E-state index contributed by atoms with van der Waals surface area (Å²) in [5.41, 5.74) is 0. The number of thiophene rings is 1. The number of esters is 4. The molecule has 0 radical (unpaired) electrons. The topological polar surface area (TPSA) is 135 Å². The molecule has 3 rings (SSSR count). The van der Waals surface area contributed by atoms with E-state index in [-0.39, 0.29) is 9.23 Å². The summed E-state index contributed by atoms with van der Waals surface area (Å²) >= 11 is 11.2. The minimum Gasteiger partial charge on any atom is -0.463 e. The van der Waals surface area contributed by atoms with Gasteiger partial charge in [0, 0.05) is 32.6 Å². The molecule has 0 bridgehead atoms. The highest BCUT2D eigenvalue weighted by molar-refractivity contribution is 9.11. The van der Waals surface area contributed by atoms with E-state index in [1.54, 1.807) is 6.08 Å². The van der Waals surface area contributed by atoms with Gasteiger partial charge >= 0.3 is 23.9 Å². The first-order valence-electron chi connectivity index (χ1n) is 10.7. The third kappa shape index (κ3) is 7.37. The van der Waals surface area contributed by atoms with Crippen LogP contribution in [0.1, 0.15) is 32.6 Å². The van der Waals surface area contributed by atoms with Crippen LogP contribution in [0.3, 0.4) is 0 Å². The number of carbonyl (C=O) groups is 5. The molecule has 0 aliphatic carbocycles. The van der Waals surface area contributed by atoms with Crippen LogP contribution in [0, 0.1) is 0 Å². The van der Waals surface area contributed by atoms with Gasteiger partial charge in [-0.3, -0.25) is 28.9 Å². The lowest BCUT2D eigenvalue weighted by Gasteiger charge is -2.46. The normalized spacial score (nSPS) is 26.7. The molecule has 37 heavy (non-hydrogen) atoms. The van der Waals surface area contributed by atoms with Crippen LogP contribution >= 0.6 is 51.2 Å². The molecule has 2 fully saturated rings. The van der Waals surface area contributed by atoms with Gasteiger partial charge in [-0.2, -0.15) is 0 Å². The number of amides is 1. The summed E-state index contributed by atoms with van der Waals surface area (Å²) in [7, 11) is 0. The van der Waals surface area contributed by atoms with Crippen LogP contribution < -0.4 is 0 Å². The van der Waals surface area contributed by atoms with Crippen molar-refractivity contribution in [2.75, 3.05) is 6.61 Å². The summed E-state index contributed by atoms with van der Waals surface area (Å²) in [4.78, 5) is 63.1. The number of nitrogens with zero attached hydrogens (tertiary/aromatic N) is 1. The third-order valence-electron chi connectivity index (χ3n) is 4.91. The monoisotopic (exact) mass is 635 g/mol. The fourth-order valence-electron chi connectivity index (χ4n) is 3.65. The second-order valence-electron chi connectivity index (χ2n) is 7.78. The van der Waals surface area contributed by atoms with Crippen molar-refractivity contribution in [3.63, 3.8) is 0 Å². The molecule has 3 heterocycles. The lowest BCUT2D eigenvalue weighted by atomic mass is 9.96. The lowest BCUT2D eigenvalue weighted by Crippen LogP contribution is -2.66. The smallest absolute Gasteiger partial charge is 0.303 e. The van der Waals surface area contributed by atoms with Gasteiger partial charge in [-0.25, -0.2) is 0 Å². The highest BCUT2D eigenvalue weighted by atomic mass is 79.9. The minimum absolute atomic E-state index is 0.0905. The molecule has 200 valence electrons. The number of hydrogen-bond acceptors (Lipinski definition) is 13. The van der Waals surface area contributed by atoms with Crippen LogP contribution in [0.25, 0.3) is 6.08 Å². The fraction of sp³-hybridized carbons (Fsp3) is 0.455.